The fourth-order valence-electron chi connectivity index (χ4n) is 3.11. The lowest BCUT2D eigenvalue weighted by molar-refractivity contribution is 0.371. The second kappa shape index (κ2) is 10.3. The number of halogens is 1. The highest BCUT2D eigenvalue weighted by molar-refractivity contribution is 14.0. The third-order valence-corrected chi connectivity index (χ3v) is 4.67. The summed E-state index contributed by atoms with van der Waals surface area (Å²) >= 11 is 0. The lowest BCUT2D eigenvalue weighted by atomic mass is 10.2. The number of piperazine rings is 1. The summed E-state index contributed by atoms with van der Waals surface area (Å²) in [7, 11) is 5.96. The number of rotatable bonds is 4. The van der Waals surface area contributed by atoms with Crippen molar-refractivity contribution in [3.63, 3.8) is 0 Å². The van der Waals surface area contributed by atoms with Gasteiger partial charge >= 0.3 is 0 Å². The van der Waals surface area contributed by atoms with Crippen molar-refractivity contribution in [2.75, 3.05) is 57.1 Å². The predicted molar refractivity (Wildman–Crippen MR) is 124 cm³/mol. The smallest absolute Gasteiger partial charge is 0.194 e. The lowest BCUT2D eigenvalue weighted by Crippen LogP contribution is -2.52. The van der Waals surface area contributed by atoms with Crippen LogP contribution in [0.2, 0.25) is 0 Å². The van der Waals surface area contributed by atoms with Crippen LogP contribution in [-0.2, 0) is 6.54 Å². The van der Waals surface area contributed by atoms with Crippen molar-refractivity contribution >= 4 is 41.4 Å². The summed E-state index contributed by atoms with van der Waals surface area (Å²) in [5, 5.41) is 3.49. The normalized spacial score (nSPS) is 14.6. The summed E-state index contributed by atoms with van der Waals surface area (Å²) in [6, 6.07) is 14.7. The minimum absolute atomic E-state index is 0. The predicted octanol–water partition coefficient (Wildman–Crippen LogP) is 2.66. The highest BCUT2D eigenvalue weighted by Crippen LogP contribution is 2.14. The van der Waals surface area contributed by atoms with Gasteiger partial charge in [-0.1, -0.05) is 18.2 Å². The molecule has 6 nitrogen and oxygen atoms in total. The molecule has 0 unspecified atom stereocenters. The maximum absolute atomic E-state index is 4.46. The van der Waals surface area contributed by atoms with E-state index in [1.165, 1.54) is 11.3 Å². The first-order valence-electron chi connectivity index (χ1n) is 9.05. The molecule has 146 valence electrons. The number of pyridine rings is 1. The number of aliphatic imine (C=N–C) groups is 1. The van der Waals surface area contributed by atoms with Crippen LogP contribution in [0, 0.1) is 0 Å². The van der Waals surface area contributed by atoms with E-state index in [1.54, 1.807) is 0 Å². The largest absolute Gasteiger partial charge is 0.378 e. The Hall–Kier alpha value is -2.03. The van der Waals surface area contributed by atoms with Crippen LogP contribution >= 0.6 is 24.0 Å². The molecule has 1 aliphatic rings. The van der Waals surface area contributed by atoms with Gasteiger partial charge in [0.05, 0.1) is 0 Å². The average Bonchev–Trinajstić information content (AvgIpc) is 2.70. The van der Waals surface area contributed by atoms with E-state index in [9.17, 15) is 0 Å². The van der Waals surface area contributed by atoms with E-state index in [0.29, 0.717) is 0 Å². The monoisotopic (exact) mass is 480 g/mol. The molecule has 1 aromatic carbocycles. The van der Waals surface area contributed by atoms with Gasteiger partial charge in [0, 0.05) is 65.8 Å². The van der Waals surface area contributed by atoms with Crippen molar-refractivity contribution in [3.05, 3.63) is 54.2 Å². The van der Waals surface area contributed by atoms with Gasteiger partial charge in [-0.25, -0.2) is 4.98 Å². The van der Waals surface area contributed by atoms with Gasteiger partial charge in [0.25, 0.3) is 0 Å². The minimum atomic E-state index is 0. The van der Waals surface area contributed by atoms with Crippen molar-refractivity contribution in [1.29, 1.82) is 0 Å². The second-order valence-electron chi connectivity index (χ2n) is 6.62. The summed E-state index contributed by atoms with van der Waals surface area (Å²) in [5.41, 5.74) is 2.47. The van der Waals surface area contributed by atoms with E-state index in [2.05, 4.69) is 74.4 Å². The van der Waals surface area contributed by atoms with Gasteiger partial charge in [-0.15, -0.1) is 24.0 Å². The van der Waals surface area contributed by atoms with Crippen LogP contribution in [0.1, 0.15) is 5.56 Å². The molecule has 0 amide bonds. The molecule has 2 heterocycles. The van der Waals surface area contributed by atoms with Gasteiger partial charge in [-0.2, -0.15) is 0 Å². The molecular formula is C20H29IN6. The summed E-state index contributed by atoms with van der Waals surface area (Å²) in [6.07, 6.45) is 1.85. The number of anilines is 2. The van der Waals surface area contributed by atoms with E-state index in [4.69, 9.17) is 0 Å². The Morgan fingerprint density at radius 2 is 1.78 bits per heavy atom. The van der Waals surface area contributed by atoms with Crippen LogP contribution in [0.3, 0.4) is 0 Å². The van der Waals surface area contributed by atoms with Gasteiger partial charge < -0.3 is 20.0 Å². The molecule has 0 radical (unpaired) electrons. The molecule has 0 atom stereocenters. The van der Waals surface area contributed by atoms with Crippen LogP contribution in [-0.4, -0.2) is 63.2 Å². The third kappa shape index (κ3) is 5.72. The van der Waals surface area contributed by atoms with E-state index < -0.39 is 0 Å². The lowest BCUT2D eigenvalue weighted by Gasteiger charge is -2.37. The third-order valence-electron chi connectivity index (χ3n) is 4.67. The maximum Gasteiger partial charge on any atom is 0.194 e. The molecule has 1 saturated heterocycles. The van der Waals surface area contributed by atoms with Gasteiger partial charge in [-0.05, 0) is 29.8 Å². The second-order valence-corrected chi connectivity index (χ2v) is 6.62. The quantitative estimate of drug-likeness (QED) is 0.415. The minimum Gasteiger partial charge on any atom is -0.378 e. The molecule has 0 aliphatic carbocycles. The zero-order valence-corrected chi connectivity index (χ0v) is 18.6. The first-order chi connectivity index (χ1) is 12.7. The van der Waals surface area contributed by atoms with E-state index in [1.807, 2.05) is 25.4 Å². The van der Waals surface area contributed by atoms with Crippen molar-refractivity contribution in [1.82, 2.24) is 15.2 Å². The molecule has 7 heteroatoms. The Morgan fingerprint density at radius 1 is 1.07 bits per heavy atom. The molecule has 1 fully saturated rings. The van der Waals surface area contributed by atoms with Crippen LogP contribution in [0.5, 0.6) is 0 Å². The number of benzene rings is 1. The van der Waals surface area contributed by atoms with Crippen molar-refractivity contribution < 1.29 is 0 Å². The van der Waals surface area contributed by atoms with E-state index >= 15 is 0 Å². The first-order valence-corrected chi connectivity index (χ1v) is 9.05. The number of guanidine groups is 1. The number of hydrogen-bond donors (Lipinski definition) is 1. The average molecular weight is 480 g/mol. The van der Waals surface area contributed by atoms with Crippen molar-refractivity contribution in [2.45, 2.75) is 6.54 Å². The highest BCUT2D eigenvalue weighted by atomic mass is 127. The fourth-order valence-corrected chi connectivity index (χ4v) is 3.11. The van der Waals surface area contributed by atoms with Crippen LogP contribution in [0.25, 0.3) is 0 Å². The Kier molecular flexibility index (Phi) is 8.15. The summed E-state index contributed by atoms with van der Waals surface area (Å²) < 4.78 is 0. The zero-order chi connectivity index (χ0) is 18.4. The Bertz CT molecular complexity index is 709. The molecule has 0 saturated carbocycles. The van der Waals surface area contributed by atoms with Gasteiger partial charge in [0.2, 0.25) is 0 Å². The molecule has 2 aromatic rings. The van der Waals surface area contributed by atoms with E-state index in [-0.39, 0.29) is 24.0 Å². The van der Waals surface area contributed by atoms with E-state index in [0.717, 1.165) is 44.5 Å². The number of aromatic nitrogens is 1. The topological polar surface area (TPSA) is 47.0 Å². The molecule has 0 spiro atoms. The molecular weight excluding hydrogens is 451 g/mol. The first kappa shape index (κ1) is 21.3. The van der Waals surface area contributed by atoms with Crippen LogP contribution in [0.15, 0.2) is 53.7 Å². The van der Waals surface area contributed by atoms with Gasteiger partial charge in [0.15, 0.2) is 5.96 Å². The summed E-state index contributed by atoms with van der Waals surface area (Å²) in [4.78, 5) is 15.7. The Balaban J connectivity index is 0.00000261. The molecule has 27 heavy (non-hydrogen) atoms. The fraction of sp³-hybridized carbons (Fsp3) is 0.400. The van der Waals surface area contributed by atoms with Crippen LogP contribution in [0.4, 0.5) is 11.5 Å². The van der Waals surface area contributed by atoms with Crippen LogP contribution < -0.4 is 15.1 Å². The van der Waals surface area contributed by atoms with Crippen molar-refractivity contribution in [3.8, 4) is 0 Å². The standard InChI is InChI=1S/C20H28N6.HI/c1-21-20(23-16-17-7-9-18(10-8-17)24(2)3)26-14-12-25(13-15-26)19-6-4-5-11-22-19;/h4-11H,12-16H2,1-3H3,(H,21,23);1H. The molecule has 1 N–H and O–H groups in total. The Labute approximate surface area is 179 Å². The number of nitrogens with one attached hydrogen (secondary N) is 1. The highest BCUT2D eigenvalue weighted by Gasteiger charge is 2.20. The molecule has 3 rings (SSSR count). The number of hydrogen-bond acceptors (Lipinski definition) is 4. The summed E-state index contributed by atoms with van der Waals surface area (Å²) in [6.45, 7) is 4.57. The van der Waals surface area contributed by atoms with Gasteiger partial charge in [0.1, 0.15) is 5.82 Å². The molecule has 1 aliphatic heterocycles. The van der Waals surface area contributed by atoms with Crippen molar-refractivity contribution in [2.24, 2.45) is 4.99 Å². The van der Waals surface area contributed by atoms with Gasteiger partial charge in [-0.3, -0.25) is 4.99 Å². The maximum atomic E-state index is 4.46. The zero-order valence-electron chi connectivity index (χ0n) is 16.3. The molecule has 1 aromatic heterocycles. The number of nitrogens with zero attached hydrogens (tertiary/aromatic N) is 5. The summed E-state index contributed by atoms with van der Waals surface area (Å²) in [5.74, 6) is 2.01. The SMILES string of the molecule is CN=C(NCc1ccc(N(C)C)cc1)N1CCN(c2ccccn2)CC1.I. The Morgan fingerprint density at radius 3 is 2.33 bits per heavy atom. The molecule has 0 bridgehead atoms.